The Labute approximate surface area is 153 Å². The van der Waals surface area contributed by atoms with Crippen LogP contribution in [0.5, 0.6) is 11.5 Å². The number of fused-ring (bicyclic) bond motifs is 1. The van der Waals surface area contributed by atoms with Gasteiger partial charge in [-0.3, -0.25) is 9.59 Å². The number of hydrogen-bond donors (Lipinski definition) is 1. The Balaban J connectivity index is 1.22. The first-order valence-corrected chi connectivity index (χ1v) is 9.35. The van der Waals surface area contributed by atoms with E-state index in [1.807, 2.05) is 0 Å². The van der Waals surface area contributed by atoms with Gasteiger partial charge in [-0.05, 0) is 50.3 Å². The Hall–Kier alpha value is -2.50. The highest BCUT2D eigenvalue weighted by molar-refractivity contribution is 5.96. The molecule has 3 aliphatic rings. The lowest BCUT2D eigenvalue weighted by molar-refractivity contribution is -0.128. The Kier molecular flexibility index (Phi) is 4.82. The molecule has 1 N–H and O–H groups in total. The molecule has 0 radical (unpaired) electrons. The summed E-state index contributed by atoms with van der Waals surface area (Å²) in [7, 11) is 0. The van der Waals surface area contributed by atoms with E-state index >= 15 is 0 Å². The monoisotopic (exact) mass is 356 g/mol. The molecule has 1 aromatic rings. The summed E-state index contributed by atoms with van der Waals surface area (Å²) < 4.78 is 10.6. The summed E-state index contributed by atoms with van der Waals surface area (Å²) in [6.45, 7) is 1.83. The van der Waals surface area contributed by atoms with E-state index in [-0.39, 0.29) is 24.5 Å². The van der Waals surface area contributed by atoms with Crippen LogP contribution in [0.25, 0.3) is 0 Å². The van der Waals surface area contributed by atoms with Crippen molar-refractivity contribution < 1.29 is 19.1 Å². The number of carbonyl (C=O) groups excluding carboxylic acids is 2. The number of rotatable bonds is 5. The number of carbonyl (C=O) groups is 2. The van der Waals surface area contributed by atoms with E-state index in [9.17, 15) is 9.59 Å². The van der Waals surface area contributed by atoms with Crippen molar-refractivity contribution in [1.82, 2.24) is 10.2 Å². The minimum absolute atomic E-state index is 0.0520. The van der Waals surface area contributed by atoms with Gasteiger partial charge in [-0.1, -0.05) is 11.6 Å². The van der Waals surface area contributed by atoms with Gasteiger partial charge >= 0.3 is 0 Å². The fourth-order valence-electron chi connectivity index (χ4n) is 3.64. The molecule has 1 fully saturated rings. The van der Waals surface area contributed by atoms with Gasteiger partial charge in [0.15, 0.2) is 11.5 Å². The second-order valence-electron chi connectivity index (χ2n) is 7.12. The van der Waals surface area contributed by atoms with Crippen LogP contribution >= 0.6 is 0 Å². The van der Waals surface area contributed by atoms with Crippen molar-refractivity contribution in [2.24, 2.45) is 5.92 Å². The maximum atomic E-state index is 12.5. The summed E-state index contributed by atoms with van der Waals surface area (Å²) in [4.78, 5) is 26.4. The van der Waals surface area contributed by atoms with Crippen LogP contribution in [-0.2, 0) is 4.79 Å². The maximum Gasteiger partial charge on any atom is 0.254 e. The number of benzene rings is 1. The van der Waals surface area contributed by atoms with Crippen molar-refractivity contribution in [3.8, 4) is 11.5 Å². The zero-order valence-electron chi connectivity index (χ0n) is 14.8. The first kappa shape index (κ1) is 16.9. The fraction of sp³-hybridized carbons (Fsp3) is 0.500. The molecule has 0 spiro atoms. The number of likely N-dealkylation sites (tertiary alicyclic amines) is 1. The number of nitrogens with zero attached hydrogens (tertiary/aromatic N) is 1. The lowest BCUT2D eigenvalue weighted by Gasteiger charge is -2.38. The summed E-state index contributed by atoms with van der Waals surface area (Å²) in [5.41, 5.74) is 2.03. The van der Waals surface area contributed by atoms with Gasteiger partial charge in [0.05, 0.1) is 5.92 Å². The van der Waals surface area contributed by atoms with Crippen molar-refractivity contribution in [2.75, 3.05) is 26.4 Å². The Morgan fingerprint density at radius 3 is 2.81 bits per heavy atom. The van der Waals surface area contributed by atoms with Crippen molar-refractivity contribution in [2.45, 2.75) is 32.1 Å². The largest absolute Gasteiger partial charge is 0.454 e. The first-order chi connectivity index (χ1) is 12.7. The van der Waals surface area contributed by atoms with Crippen molar-refractivity contribution in [3.63, 3.8) is 0 Å². The number of ether oxygens (including phenoxy) is 2. The molecule has 1 saturated heterocycles. The third kappa shape index (κ3) is 3.54. The van der Waals surface area contributed by atoms with Gasteiger partial charge in [0, 0.05) is 25.2 Å². The fourth-order valence-corrected chi connectivity index (χ4v) is 3.64. The average molecular weight is 356 g/mol. The van der Waals surface area contributed by atoms with Gasteiger partial charge in [-0.2, -0.15) is 0 Å². The first-order valence-electron chi connectivity index (χ1n) is 9.35. The normalized spacial score (nSPS) is 18.9. The molecule has 2 amide bonds. The minimum atomic E-state index is -0.103. The number of nitrogens with one attached hydrogen (secondary N) is 1. The van der Waals surface area contributed by atoms with Crippen molar-refractivity contribution >= 4 is 11.8 Å². The summed E-state index contributed by atoms with van der Waals surface area (Å²) >= 11 is 0. The molecule has 0 atom stereocenters. The molecule has 0 aromatic heterocycles. The second kappa shape index (κ2) is 7.40. The Morgan fingerprint density at radius 1 is 1.15 bits per heavy atom. The van der Waals surface area contributed by atoms with Crippen LogP contribution in [0.2, 0.25) is 0 Å². The average Bonchev–Trinajstić information content (AvgIpc) is 3.09. The highest BCUT2D eigenvalue weighted by Crippen LogP contribution is 2.33. The molecule has 6 heteroatoms. The van der Waals surface area contributed by atoms with E-state index in [0.29, 0.717) is 36.7 Å². The van der Waals surface area contributed by atoms with Gasteiger partial charge in [0.25, 0.3) is 5.91 Å². The minimum Gasteiger partial charge on any atom is -0.454 e. The SMILES string of the molecule is O=C(NCCC1=CCCCC1)C1CN(C(=O)c2ccc3c(c2)OCO3)C1. The van der Waals surface area contributed by atoms with Crippen LogP contribution in [-0.4, -0.2) is 43.1 Å². The topological polar surface area (TPSA) is 67.9 Å². The zero-order valence-corrected chi connectivity index (χ0v) is 14.8. The molecule has 26 heavy (non-hydrogen) atoms. The smallest absolute Gasteiger partial charge is 0.254 e. The van der Waals surface area contributed by atoms with Crippen LogP contribution < -0.4 is 14.8 Å². The van der Waals surface area contributed by atoms with Gasteiger partial charge in [0.1, 0.15) is 0 Å². The van der Waals surface area contributed by atoms with Crippen LogP contribution in [0.1, 0.15) is 42.5 Å². The molecule has 0 unspecified atom stereocenters. The Morgan fingerprint density at radius 2 is 2.00 bits per heavy atom. The van der Waals surface area contributed by atoms with E-state index in [1.54, 1.807) is 23.1 Å². The summed E-state index contributed by atoms with van der Waals surface area (Å²) in [6.07, 6.45) is 8.13. The highest BCUT2D eigenvalue weighted by atomic mass is 16.7. The zero-order chi connectivity index (χ0) is 17.9. The van der Waals surface area contributed by atoms with Crippen LogP contribution in [0.3, 0.4) is 0 Å². The number of allylic oxidation sites excluding steroid dienone is 1. The van der Waals surface area contributed by atoms with Crippen molar-refractivity contribution in [3.05, 3.63) is 35.4 Å². The summed E-state index contributed by atoms with van der Waals surface area (Å²) in [6, 6.07) is 5.19. The second-order valence-corrected chi connectivity index (χ2v) is 7.12. The molecule has 2 aliphatic heterocycles. The van der Waals surface area contributed by atoms with Crippen LogP contribution in [0, 0.1) is 5.92 Å². The van der Waals surface area contributed by atoms with Gasteiger partial charge in [0.2, 0.25) is 12.7 Å². The third-order valence-corrected chi connectivity index (χ3v) is 5.29. The van der Waals surface area contributed by atoms with Crippen molar-refractivity contribution in [1.29, 1.82) is 0 Å². The molecular formula is C20H24N2O4. The lowest BCUT2D eigenvalue weighted by Crippen LogP contribution is -2.55. The molecule has 4 rings (SSSR count). The molecule has 0 bridgehead atoms. The Bertz CT molecular complexity index is 737. The lowest BCUT2D eigenvalue weighted by atomic mass is 9.96. The summed E-state index contributed by atoms with van der Waals surface area (Å²) in [5.74, 6) is 1.14. The number of hydrogen-bond acceptors (Lipinski definition) is 4. The number of amides is 2. The molecule has 1 aliphatic carbocycles. The van der Waals surface area contributed by atoms with E-state index in [0.717, 1.165) is 12.8 Å². The summed E-state index contributed by atoms with van der Waals surface area (Å²) in [5, 5.41) is 3.01. The molecule has 6 nitrogen and oxygen atoms in total. The highest BCUT2D eigenvalue weighted by Gasteiger charge is 2.36. The molecular weight excluding hydrogens is 332 g/mol. The predicted octanol–water partition coefficient (Wildman–Crippen LogP) is 2.49. The van der Waals surface area contributed by atoms with Gasteiger partial charge < -0.3 is 19.7 Å². The third-order valence-electron chi connectivity index (χ3n) is 5.29. The molecule has 2 heterocycles. The van der Waals surface area contributed by atoms with E-state index < -0.39 is 0 Å². The van der Waals surface area contributed by atoms with E-state index in [1.165, 1.54) is 24.8 Å². The van der Waals surface area contributed by atoms with Gasteiger partial charge in [-0.15, -0.1) is 0 Å². The van der Waals surface area contributed by atoms with Crippen LogP contribution in [0.15, 0.2) is 29.8 Å². The molecule has 1 aromatic carbocycles. The van der Waals surface area contributed by atoms with E-state index in [4.69, 9.17) is 9.47 Å². The maximum absolute atomic E-state index is 12.5. The van der Waals surface area contributed by atoms with Crippen LogP contribution in [0.4, 0.5) is 0 Å². The predicted molar refractivity (Wildman–Crippen MR) is 96.1 cm³/mol. The molecule has 0 saturated carbocycles. The standard InChI is InChI=1S/C20H24N2O4/c23-19(21-9-8-14-4-2-1-3-5-14)16-11-22(12-16)20(24)15-6-7-17-18(10-15)26-13-25-17/h4,6-7,10,16H,1-3,5,8-9,11-13H2,(H,21,23). The molecule has 138 valence electrons. The van der Waals surface area contributed by atoms with E-state index in [2.05, 4.69) is 11.4 Å². The quantitative estimate of drug-likeness (QED) is 0.823. The van der Waals surface area contributed by atoms with Gasteiger partial charge in [-0.25, -0.2) is 0 Å².